The quantitative estimate of drug-likeness (QED) is 0.639. The van der Waals surface area contributed by atoms with E-state index in [2.05, 4.69) is 10.5 Å². The van der Waals surface area contributed by atoms with Crippen LogP contribution in [-0.4, -0.2) is 12.1 Å². The zero-order valence-corrected chi connectivity index (χ0v) is 11.0. The van der Waals surface area contributed by atoms with Crippen LogP contribution in [0.3, 0.4) is 0 Å². The van der Waals surface area contributed by atoms with E-state index in [4.69, 9.17) is 9.47 Å². The highest BCUT2D eigenvalue weighted by Gasteiger charge is 2.11. The van der Waals surface area contributed by atoms with Gasteiger partial charge in [-0.05, 0) is 29.8 Å². The monoisotopic (exact) mass is 280 g/mol. The van der Waals surface area contributed by atoms with Gasteiger partial charge in [0.15, 0.2) is 0 Å². The molecule has 0 spiro atoms. The standard InChI is InChI=1S/C16H12N2O3/c19-16(20-13-7-2-1-3-8-13)21-15-11-10-12-6-4-5-9-14(12)17-18-15/h1-11,17H. The molecule has 21 heavy (non-hydrogen) atoms. The number of benzene rings is 2. The van der Waals surface area contributed by atoms with Crippen molar-refractivity contribution in [3.63, 3.8) is 0 Å². The van der Waals surface area contributed by atoms with Gasteiger partial charge in [-0.3, -0.25) is 5.43 Å². The first kappa shape index (κ1) is 12.9. The predicted molar refractivity (Wildman–Crippen MR) is 80.1 cm³/mol. The van der Waals surface area contributed by atoms with Crippen molar-refractivity contribution in [2.75, 3.05) is 5.43 Å². The molecule has 0 saturated heterocycles. The van der Waals surface area contributed by atoms with Crippen LogP contribution < -0.4 is 10.2 Å². The van der Waals surface area contributed by atoms with Gasteiger partial charge < -0.3 is 9.47 Å². The largest absolute Gasteiger partial charge is 0.520 e. The Kier molecular flexibility index (Phi) is 3.64. The van der Waals surface area contributed by atoms with Crippen molar-refractivity contribution in [2.45, 2.75) is 0 Å². The Morgan fingerprint density at radius 3 is 2.52 bits per heavy atom. The molecule has 1 aliphatic rings. The van der Waals surface area contributed by atoms with Crippen molar-refractivity contribution in [1.82, 2.24) is 0 Å². The first-order valence-electron chi connectivity index (χ1n) is 6.37. The normalized spacial score (nSPS) is 12.5. The molecule has 0 aliphatic carbocycles. The highest BCUT2D eigenvalue weighted by molar-refractivity contribution is 5.99. The highest BCUT2D eigenvalue weighted by atomic mass is 16.7. The molecule has 0 saturated carbocycles. The molecule has 104 valence electrons. The third kappa shape index (κ3) is 3.27. The topological polar surface area (TPSA) is 59.9 Å². The second-order valence-corrected chi connectivity index (χ2v) is 4.25. The molecule has 0 amide bonds. The van der Waals surface area contributed by atoms with Gasteiger partial charge in [-0.1, -0.05) is 36.4 Å². The minimum Gasteiger partial charge on any atom is -0.395 e. The molecule has 5 nitrogen and oxygen atoms in total. The molecule has 2 aromatic rings. The van der Waals surface area contributed by atoms with E-state index in [1.165, 1.54) is 0 Å². The summed E-state index contributed by atoms with van der Waals surface area (Å²) in [6.07, 6.45) is 2.58. The van der Waals surface area contributed by atoms with E-state index in [1.807, 2.05) is 36.4 Å². The zero-order valence-electron chi connectivity index (χ0n) is 11.0. The number of carbonyl (C=O) groups is 1. The van der Waals surface area contributed by atoms with Gasteiger partial charge in [0.2, 0.25) is 5.90 Å². The van der Waals surface area contributed by atoms with Crippen molar-refractivity contribution in [2.24, 2.45) is 5.10 Å². The van der Waals surface area contributed by atoms with Crippen LogP contribution in [0, 0.1) is 0 Å². The van der Waals surface area contributed by atoms with Crippen molar-refractivity contribution in [3.05, 3.63) is 66.2 Å². The van der Waals surface area contributed by atoms with Gasteiger partial charge in [0.05, 0.1) is 5.69 Å². The summed E-state index contributed by atoms with van der Waals surface area (Å²) < 4.78 is 10.1. The molecule has 1 heterocycles. The Balaban J connectivity index is 1.66. The van der Waals surface area contributed by atoms with Gasteiger partial charge in [0.1, 0.15) is 5.75 Å². The first-order chi connectivity index (χ1) is 10.3. The molecule has 0 fully saturated rings. The SMILES string of the molecule is O=C(OC1=NNc2ccccc2C=C1)Oc1ccccc1. The van der Waals surface area contributed by atoms with Crippen LogP contribution in [0.2, 0.25) is 0 Å². The number of para-hydroxylation sites is 2. The van der Waals surface area contributed by atoms with Crippen molar-refractivity contribution < 1.29 is 14.3 Å². The van der Waals surface area contributed by atoms with Gasteiger partial charge in [0.25, 0.3) is 0 Å². The smallest absolute Gasteiger partial charge is 0.395 e. The average Bonchev–Trinajstić information content (AvgIpc) is 2.71. The number of hydrogen-bond acceptors (Lipinski definition) is 5. The fourth-order valence-electron chi connectivity index (χ4n) is 1.81. The number of fused-ring (bicyclic) bond motifs is 1. The third-order valence-corrected chi connectivity index (χ3v) is 2.79. The van der Waals surface area contributed by atoms with E-state index in [-0.39, 0.29) is 5.90 Å². The van der Waals surface area contributed by atoms with E-state index in [0.717, 1.165) is 11.3 Å². The molecule has 0 aromatic heterocycles. The molecule has 0 radical (unpaired) electrons. The van der Waals surface area contributed by atoms with Crippen LogP contribution in [0.15, 0.2) is 65.8 Å². The van der Waals surface area contributed by atoms with Crippen LogP contribution in [0.25, 0.3) is 6.08 Å². The third-order valence-electron chi connectivity index (χ3n) is 2.79. The lowest BCUT2D eigenvalue weighted by atomic mass is 10.2. The Morgan fingerprint density at radius 1 is 0.905 bits per heavy atom. The van der Waals surface area contributed by atoms with Gasteiger partial charge >= 0.3 is 6.16 Å². The molecule has 1 N–H and O–H groups in total. The Bertz CT molecular complexity index is 708. The number of rotatable bonds is 1. The van der Waals surface area contributed by atoms with Crippen LogP contribution >= 0.6 is 0 Å². The zero-order chi connectivity index (χ0) is 14.5. The number of hydrogen-bond donors (Lipinski definition) is 1. The summed E-state index contributed by atoms with van der Waals surface area (Å²) in [6.45, 7) is 0. The fourth-order valence-corrected chi connectivity index (χ4v) is 1.81. The van der Waals surface area contributed by atoms with E-state index >= 15 is 0 Å². The fraction of sp³-hybridized carbons (Fsp3) is 0. The number of hydrazone groups is 1. The van der Waals surface area contributed by atoms with Gasteiger partial charge in [-0.25, -0.2) is 4.79 Å². The molecule has 0 atom stereocenters. The van der Waals surface area contributed by atoms with E-state index < -0.39 is 6.16 Å². The summed E-state index contributed by atoms with van der Waals surface area (Å²) in [5.74, 6) is 0.545. The average molecular weight is 280 g/mol. The molecular weight excluding hydrogens is 268 g/mol. The molecule has 0 bridgehead atoms. The van der Waals surface area contributed by atoms with Crippen LogP contribution in [0.4, 0.5) is 10.5 Å². The first-order valence-corrected chi connectivity index (χ1v) is 6.37. The lowest BCUT2D eigenvalue weighted by Gasteiger charge is -2.05. The van der Waals surface area contributed by atoms with Crippen molar-refractivity contribution in [3.8, 4) is 5.75 Å². The maximum Gasteiger partial charge on any atom is 0.520 e. The number of nitrogens with zero attached hydrogens (tertiary/aromatic N) is 1. The van der Waals surface area contributed by atoms with Crippen molar-refractivity contribution in [1.29, 1.82) is 0 Å². The van der Waals surface area contributed by atoms with E-state index in [9.17, 15) is 4.79 Å². The van der Waals surface area contributed by atoms with Gasteiger partial charge in [-0.15, -0.1) is 5.10 Å². The Morgan fingerprint density at radius 2 is 1.67 bits per heavy atom. The van der Waals surface area contributed by atoms with Crippen LogP contribution in [-0.2, 0) is 4.74 Å². The van der Waals surface area contributed by atoms with Gasteiger partial charge in [-0.2, -0.15) is 0 Å². The maximum atomic E-state index is 11.7. The van der Waals surface area contributed by atoms with Crippen LogP contribution in [0.1, 0.15) is 5.56 Å². The number of nitrogens with one attached hydrogen (secondary N) is 1. The summed E-state index contributed by atoms with van der Waals surface area (Å²) in [6, 6.07) is 16.3. The lowest BCUT2D eigenvalue weighted by Crippen LogP contribution is -2.15. The van der Waals surface area contributed by atoms with E-state index in [0.29, 0.717) is 5.75 Å². The van der Waals surface area contributed by atoms with E-state index in [1.54, 1.807) is 30.3 Å². The summed E-state index contributed by atoms with van der Waals surface area (Å²) in [5.41, 5.74) is 4.63. The molecule has 1 aliphatic heterocycles. The molecule has 3 rings (SSSR count). The molecular formula is C16H12N2O3. The maximum absolute atomic E-state index is 11.7. The minimum atomic E-state index is -0.836. The summed E-state index contributed by atoms with van der Waals surface area (Å²) >= 11 is 0. The second-order valence-electron chi connectivity index (χ2n) is 4.25. The summed E-state index contributed by atoms with van der Waals surface area (Å²) in [4.78, 5) is 11.7. The lowest BCUT2D eigenvalue weighted by molar-refractivity contribution is 0.148. The highest BCUT2D eigenvalue weighted by Crippen LogP contribution is 2.19. The molecule has 5 heteroatoms. The Hall–Kier alpha value is -3.08. The number of ether oxygens (including phenoxy) is 2. The minimum absolute atomic E-state index is 0.132. The predicted octanol–water partition coefficient (Wildman–Crippen LogP) is 3.65. The van der Waals surface area contributed by atoms with Crippen molar-refractivity contribution >= 4 is 23.8 Å². The number of carbonyl (C=O) groups excluding carboxylic acids is 1. The Labute approximate surface area is 121 Å². The number of anilines is 1. The molecule has 2 aromatic carbocycles. The van der Waals surface area contributed by atoms with Crippen LogP contribution in [0.5, 0.6) is 5.75 Å². The summed E-state index contributed by atoms with van der Waals surface area (Å²) in [5, 5.41) is 4.00. The molecule has 0 unspecified atom stereocenters. The van der Waals surface area contributed by atoms with Gasteiger partial charge in [0, 0.05) is 6.08 Å². The second kappa shape index (κ2) is 5.92. The summed E-state index contributed by atoms with van der Waals surface area (Å²) in [7, 11) is 0.